The highest BCUT2D eigenvalue weighted by molar-refractivity contribution is 8.13. The Balaban J connectivity index is 1.77. The molecular weight excluding hydrogens is 419 g/mol. The second-order valence-electron chi connectivity index (χ2n) is 6.18. The molecule has 1 aliphatic rings. The number of methoxy groups -OCH3 is 1. The summed E-state index contributed by atoms with van der Waals surface area (Å²) in [5.41, 5.74) is 1.77. The van der Waals surface area contributed by atoms with Crippen molar-refractivity contribution in [2.24, 2.45) is 4.99 Å². The van der Waals surface area contributed by atoms with Gasteiger partial charge in [-0.3, -0.25) is 9.69 Å². The number of amidine groups is 1. The first-order valence-corrected chi connectivity index (χ1v) is 10.5. The Morgan fingerprint density at radius 3 is 2.75 bits per heavy atom. The van der Waals surface area contributed by atoms with Crippen LogP contribution in [0, 0.1) is 6.92 Å². The average molecular weight is 439 g/mol. The number of aryl methyl sites for hydroxylation is 1. The molecule has 1 amide bonds. The zero-order chi connectivity index (χ0) is 20.1. The normalized spacial score (nSPS) is 15.6. The highest BCUT2D eigenvalue weighted by Gasteiger charge is 2.25. The van der Waals surface area contributed by atoms with Crippen LogP contribution < -0.4 is 9.47 Å². The Labute approximate surface area is 178 Å². The van der Waals surface area contributed by atoms with Gasteiger partial charge >= 0.3 is 0 Å². The first-order valence-electron chi connectivity index (χ1n) is 8.72. The van der Waals surface area contributed by atoms with Crippen LogP contribution in [-0.4, -0.2) is 42.0 Å². The Morgan fingerprint density at radius 1 is 1.21 bits per heavy atom. The van der Waals surface area contributed by atoms with Crippen molar-refractivity contribution < 1.29 is 14.3 Å². The molecule has 0 radical (unpaired) electrons. The molecule has 2 aromatic carbocycles. The Morgan fingerprint density at radius 2 is 2.00 bits per heavy atom. The maximum absolute atomic E-state index is 12.8. The number of amides is 1. The average Bonchev–Trinajstić information content (AvgIpc) is 2.68. The van der Waals surface area contributed by atoms with Crippen molar-refractivity contribution >= 4 is 51.7 Å². The largest absolute Gasteiger partial charge is 0.494 e. The van der Waals surface area contributed by atoms with Crippen molar-refractivity contribution in [1.29, 1.82) is 0 Å². The Bertz CT molecular complexity index is 905. The van der Waals surface area contributed by atoms with E-state index in [0.717, 1.165) is 17.7 Å². The lowest BCUT2D eigenvalue weighted by Crippen LogP contribution is -2.41. The van der Waals surface area contributed by atoms with Gasteiger partial charge in [0, 0.05) is 17.3 Å². The van der Waals surface area contributed by atoms with Crippen LogP contribution in [0.2, 0.25) is 10.0 Å². The van der Waals surface area contributed by atoms with E-state index in [0.29, 0.717) is 38.9 Å². The summed E-state index contributed by atoms with van der Waals surface area (Å²) in [6.45, 7) is 2.45. The molecule has 0 saturated carbocycles. The number of benzene rings is 2. The molecule has 0 aromatic heterocycles. The van der Waals surface area contributed by atoms with E-state index in [1.54, 1.807) is 42.0 Å². The maximum atomic E-state index is 12.8. The van der Waals surface area contributed by atoms with Crippen LogP contribution in [0.4, 0.5) is 5.69 Å². The van der Waals surface area contributed by atoms with Gasteiger partial charge in [0.15, 0.2) is 11.8 Å². The van der Waals surface area contributed by atoms with E-state index in [-0.39, 0.29) is 12.5 Å². The lowest BCUT2D eigenvalue weighted by atomic mass is 10.2. The van der Waals surface area contributed by atoms with Gasteiger partial charge in [-0.1, -0.05) is 41.0 Å². The van der Waals surface area contributed by atoms with Crippen LogP contribution in [0.1, 0.15) is 12.0 Å². The van der Waals surface area contributed by atoms with Crippen molar-refractivity contribution in [1.82, 2.24) is 4.90 Å². The topological polar surface area (TPSA) is 51.1 Å². The van der Waals surface area contributed by atoms with E-state index >= 15 is 0 Å². The van der Waals surface area contributed by atoms with Gasteiger partial charge in [0.25, 0.3) is 5.91 Å². The zero-order valence-electron chi connectivity index (χ0n) is 15.6. The third-order valence-electron chi connectivity index (χ3n) is 4.08. The minimum absolute atomic E-state index is 0.133. The predicted octanol–water partition coefficient (Wildman–Crippen LogP) is 5.34. The molecule has 0 atom stereocenters. The van der Waals surface area contributed by atoms with Crippen molar-refractivity contribution in [3.8, 4) is 11.5 Å². The van der Waals surface area contributed by atoms with Gasteiger partial charge < -0.3 is 9.47 Å². The summed E-state index contributed by atoms with van der Waals surface area (Å²) in [6.07, 6.45) is 0.891. The lowest BCUT2D eigenvalue weighted by Gasteiger charge is -2.28. The molecule has 1 heterocycles. The maximum Gasteiger partial charge on any atom is 0.266 e. The Kier molecular flexibility index (Phi) is 7.10. The number of rotatable bonds is 5. The number of halogens is 2. The standard InChI is InChI=1S/C20H20Cl2N2O3S/c1-13-4-6-18(26-2)16(10-13)23-20-24(8-3-9-28-20)19(25)12-27-17-7-5-14(21)11-15(17)22/h4-7,10-11H,3,8-9,12H2,1-2H3. The number of nitrogens with zero attached hydrogens (tertiary/aromatic N) is 2. The third-order valence-corrected chi connectivity index (χ3v) is 5.68. The number of carbonyl (C=O) groups excluding carboxylic acids is 1. The third kappa shape index (κ3) is 5.13. The van der Waals surface area contributed by atoms with E-state index in [4.69, 9.17) is 37.7 Å². The van der Waals surface area contributed by atoms with Crippen LogP contribution in [0.5, 0.6) is 11.5 Å². The van der Waals surface area contributed by atoms with Crippen molar-refractivity contribution in [3.63, 3.8) is 0 Å². The van der Waals surface area contributed by atoms with E-state index in [9.17, 15) is 4.79 Å². The fourth-order valence-corrected chi connectivity index (χ4v) is 4.11. The van der Waals surface area contributed by atoms with Crippen molar-refractivity contribution in [2.45, 2.75) is 13.3 Å². The first-order chi connectivity index (χ1) is 13.5. The second-order valence-corrected chi connectivity index (χ2v) is 8.09. The molecule has 1 fully saturated rings. The molecule has 0 bridgehead atoms. The van der Waals surface area contributed by atoms with Gasteiger partial charge in [-0.2, -0.15) is 0 Å². The minimum atomic E-state index is -0.177. The minimum Gasteiger partial charge on any atom is -0.494 e. The van der Waals surface area contributed by atoms with Gasteiger partial charge in [-0.05, 0) is 49.2 Å². The van der Waals surface area contributed by atoms with E-state index in [1.165, 1.54) is 0 Å². The predicted molar refractivity (Wildman–Crippen MR) is 116 cm³/mol. The summed E-state index contributed by atoms with van der Waals surface area (Å²) in [5.74, 6) is 1.81. The lowest BCUT2D eigenvalue weighted by molar-refractivity contribution is -0.129. The molecule has 3 rings (SSSR count). The first kappa shape index (κ1) is 20.8. The molecule has 28 heavy (non-hydrogen) atoms. The zero-order valence-corrected chi connectivity index (χ0v) is 17.9. The molecule has 0 unspecified atom stereocenters. The van der Waals surface area contributed by atoms with E-state index in [2.05, 4.69) is 0 Å². The highest BCUT2D eigenvalue weighted by atomic mass is 35.5. The highest BCUT2D eigenvalue weighted by Crippen LogP contribution is 2.31. The quantitative estimate of drug-likeness (QED) is 0.631. The van der Waals surface area contributed by atoms with Crippen LogP contribution in [0.15, 0.2) is 41.4 Å². The molecule has 0 spiro atoms. The van der Waals surface area contributed by atoms with Gasteiger partial charge in [0.1, 0.15) is 17.2 Å². The SMILES string of the molecule is COc1ccc(C)cc1N=C1SCCCN1C(=O)COc1ccc(Cl)cc1Cl. The number of carbonyl (C=O) groups is 1. The summed E-state index contributed by atoms with van der Waals surface area (Å²) in [7, 11) is 1.61. The molecule has 1 saturated heterocycles. The molecule has 5 nitrogen and oxygen atoms in total. The number of hydrogen-bond acceptors (Lipinski definition) is 5. The van der Waals surface area contributed by atoms with E-state index < -0.39 is 0 Å². The van der Waals surface area contributed by atoms with Crippen LogP contribution >= 0.6 is 35.0 Å². The van der Waals surface area contributed by atoms with Gasteiger partial charge in [-0.25, -0.2) is 4.99 Å². The number of ether oxygens (including phenoxy) is 2. The van der Waals surface area contributed by atoms with Gasteiger partial charge in [0.2, 0.25) is 0 Å². The van der Waals surface area contributed by atoms with Crippen LogP contribution in [0.25, 0.3) is 0 Å². The fourth-order valence-electron chi connectivity index (χ4n) is 2.68. The van der Waals surface area contributed by atoms with Crippen LogP contribution in [0.3, 0.4) is 0 Å². The summed E-state index contributed by atoms with van der Waals surface area (Å²) in [4.78, 5) is 19.1. The molecule has 0 aliphatic carbocycles. The van der Waals surface area contributed by atoms with E-state index in [1.807, 2.05) is 25.1 Å². The van der Waals surface area contributed by atoms with Gasteiger partial charge in [0.05, 0.1) is 12.1 Å². The van der Waals surface area contributed by atoms with Crippen molar-refractivity contribution in [3.05, 3.63) is 52.0 Å². The second kappa shape index (κ2) is 9.54. The van der Waals surface area contributed by atoms with Gasteiger partial charge in [-0.15, -0.1) is 0 Å². The number of hydrogen-bond donors (Lipinski definition) is 0. The fraction of sp³-hybridized carbons (Fsp3) is 0.300. The summed E-state index contributed by atoms with van der Waals surface area (Å²) < 4.78 is 11.0. The number of aliphatic imine (C=N–C) groups is 1. The number of thioether (sulfide) groups is 1. The molecule has 1 aliphatic heterocycles. The monoisotopic (exact) mass is 438 g/mol. The van der Waals surface area contributed by atoms with Crippen molar-refractivity contribution in [2.75, 3.05) is 26.0 Å². The molecular formula is C20H20Cl2N2O3S. The Hall–Kier alpha value is -1.89. The molecule has 0 N–H and O–H groups in total. The summed E-state index contributed by atoms with van der Waals surface area (Å²) >= 11 is 13.5. The smallest absolute Gasteiger partial charge is 0.266 e. The molecule has 8 heteroatoms. The molecule has 2 aromatic rings. The summed E-state index contributed by atoms with van der Waals surface area (Å²) in [6, 6.07) is 10.7. The summed E-state index contributed by atoms with van der Waals surface area (Å²) in [5, 5.41) is 1.52. The molecule has 148 valence electrons. The van der Waals surface area contributed by atoms with Crippen LogP contribution in [-0.2, 0) is 4.79 Å².